The van der Waals surface area contributed by atoms with E-state index in [0.29, 0.717) is 0 Å². The van der Waals surface area contributed by atoms with E-state index in [9.17, 15) is 0 Å². The average Bonchev–Trinajstić information content (AvgIpc) is 2.42. The molecule has 0 heterocycles. The summed E-state index contributed by atoms with van der Waals surface area (Å²) in [6, 6.07) is 13.8. The van der Waals surface area contributed by atoms with Gasteiger partial charge in [-0.25, -0.2) is 4.57 Å². The van der Waals surface area contributed by atoms with E-state index < -0.39 is 7.82 Å². The molecule has 0 atom stereocenters. The van der Waals surface area contributed by atoms with Crippen LogP contribution in [0.15, 0.2) is 36.4 Å². The second-order valence-corrected chi connectivity index (χ2v) is 10.2. The number of rotatable bonds is 1. The second kappa shape index (κ2) is 8.28. The molecule has 5 heteroatoms. The standard InChI is InChI=1S/C22H30.H3O4P/c1-15-11-18(14-19(12-15)21(3,4)5)17-9-10-20(16(2)13-17)22(6,7)8;1-5(2,3)4/h9-14H,1-8H3;(H3,1,2,3,4). The van der Waals surface area contributed by atoms with Crippen molar-refractivity contribution >= 4 is 7.82 Å². The van der Waals surface area contributed by atoms with Crippen LogP contribution in [0.5, 0.6) is 0 Å². The first-order valence-electron chi connectivity index (χ1n) is 9.00. The van der Waals surface area contributed by atoms with E-state index in [-0.39, 0.29) is 10.8 Å². The highest BCUT2D eigenvalue weighted by atomic mass is 31.2. The molecule has 0 aromatic heterocycles. The van der Waals surface area contributed by atoms with Crippen molar-refractivity contribution < 1.29 is 19.2 Å². The van der Waals surface area contributed by atoms with Crippen LogP contribution in [0.4, 0.5) is 0 Å². The van der Waals surface area contributed by atoms with E-state index in [1.807, 2.05) is 0 Å². The predicted molar refractivity (Wildman–Crippen MR) is 113 cm³/mol. The summed E-state index contributed by atoms with van der Waals surface area (Å²) in [4.78, 5) is 21.6. The van der Waals surface area contributed by atoms with Crippen LogP contribution in [0.1, 0.15) is 63.8 Å². The van der Waals surface area contributed by atoms with Crippen LogP contribution >= 0.6 is 7.82 Å². The Morgan fingerprint density at radius 3 is 1.67 bits per heavy atom. The summed E-state index contributed by atoms with van der Waals surface area (Å²) < 4.78 is 8.88. The fourth-order valence-corrected chi connectivity index (χ4v) is 3.07. The third-order valence-corrected chi connectivity index (χ3v) is 4.31. The molecule has 0 aliphatic heterocycles. The van der Waals surface area contributed by atoms with Crippen molar-refractivity contribution in [3.05, 3.63) is 58.7 Å². The summed E-state index contributed by atoms with van der Waals surface area (Å²) >= 11 is 0. The summed E-state index contributed by atoms with van der Waals surface area (Å²) in [7, 11) is -4.64. The summed E-state index contributed by atoms with van der Waals surface area (Å²) in [5.41, 5.74) is 8.57. The van der Waals surface area contributed by atoms with Gasteiger partial charge in [-0.1, -0.05) is 83.5 Å². The molecule has 0 saturated carbocycles. The first kappa shape index (κ1) is 23.6. The minimum Gasteiger partial charge on any atom is -0.303 e. The smallest absolute Gasteiger partial charge is 0.303 e. The van der Waals surface area contributed by atoms with Gasteiger partial charge in [0.15, 0.2) is 0 Å². The van der Waals surface area contributed by atoms with Gasteiger partial charge in [-0.3, -0.25) is 0 Å². The van der Waals surface area contributed by atoms with E-state index in [1.165, 1.54) is 33.4 Å². The Bertz CT molecular complexity index is 828. The maximum atomic E-state index is 8.88. The molecule has 2 rings (SSSR count). The zero-order valence-electron chi connectivity index (χ0n) is 17.7. The van der Waals surface area contributed by atoms with Crippen molar-refractivity contribution in [2.24, 2.45) is 0 Å². The SMILES string of the molecule is Cc1cc(-c2ccc(C(C)(C)C)c(C)c2)cc(C(C)(C)C)c1.O=P(O)(O)O. The van der Waals surface area contributed by atoms with E-state index >= 15 is 0 Å². The van der Waals surface area contributed by atoms with Crippen LogP contribution < -0.4 is 0 Å². The van der Waals surface area contributed by atoms with Crippen molar-refractivity contribution in [2.75, 3.05) is 0 Å². The number of benzene rings is 2. The van der Waals surface area contributed by atoms with Gasteiger partial charge in [-0.2, -0.15) is 0 Å². The van der Waals surface area contributed by atoms with Crippen molar-refractivity contribution in [1.29, 1.82) is 0 Å². The van der Waals surface area contributed by atoms with Crippen LogP contribution in [-0.2, 0) is 15.4 Å². The minimum atomic E-state index is -4.64. The molecular formula is C22H33O4P. The minimum absolute atomic E-state index is 0.182. The normalized spacial score (nSPS) is 12.4. The van der Waals surface area contributed by atoms with Crippen molar-refractivity contribution in [3.63, 3.8) is 0 Å². The van der Waals surface area contributed by atoms with Crippen molar-refractivity contribution in [2.45, 2.75) is 66.2 Å². The molecule has 0 unspecified atom stereocenters. The zero-order chi connectivity index (χ0) is 21.2. The number of hydrogen-bond acceptors (Lipinski definition) is 1. The molecule has 0 spiro atoms. The number of aryl methyl sites for hydroxylation is 2. The molecule has 0 amide bonds. The van der Waals surface area contributed by atoms with Gasteiger partial charge in [0.1, 0.15) is 0 Å². The first-order chi connectivity index (χ1) is 12.0. The average molecular weight is 392 g/mol. The van der Waals surface area contributed by atoms with Crippen molar-refractivity contribution in [3.8, 4) is 11.1 Å². The summed E-state index contributed by atoms with van der Waals surface area (Å²) in [5.74, 6) is 0. The van der Waals surface area contributed by atoms with E-state index in [4.69, 9.17) is 19.2 Å². The third kappa shape index (κ3) is 7.98. The Kier molecular flexibility index (Phi) is 7.23. The summed E-state index contributed by atoms with van der Waals surface area (Å²) in [5, 5.41) is 0. The topological polar surface area (TPSA) is 77.8 Å². The zero-order valence-corrected chi connectivity index (χ0v) is 18.6. The fourth-order valence-electron chi connectivity index (χ4n) is 3.07. The van der Waals surface area contributed by atoms with Gasteiger partial charge in [-0.15, -0.1) is 0 Å². The van der Waals surface area contributed by atoms with Crippen LogP contribution in [0.2, 0.25) is 0 Å². The molecule has 0 aliphatic carbocycles. The van der Waals surface area contributed by atoms with Crippen LogP contribution in [0.3, 0.4) is 0 Å². The number of phosphoric acid groups is 1. The molecule has 0 fully saturated rings. The van der Waals surface area contributed by atoms with Gasteiger partial charge < -0.3 is 14.7 Å². The lowest BCUT2D eigenvalue weighted by Crippen LogP contribution is -2.13. The molecule has 150 valence electrons. The summed E-state index contributed by atoms with van der Waals surface area (Å²) in [6.45, 7) is 18.1. The van der Waals surface area contributed by atoms with E-state index in [2.05, 4.69) is 91.8 Å². The van der Waals surface area contributed by atoms with E-state index in [0.717, 1.165) is 0 Å². The maximum absolute atomic E-state index is 8.88. The molecule has 2 aromatic rings. The Balaban J connectivity index is 0.000000646. The predicted octanol–water partition coefficient (Wildman–Crippen LogP) is 5.64. The molecule has 0 radical (unpaired) electrons. The maximum Gasteiger partial charge on any atom is 0.466 e. The summed E-state index contributed by atoms with van der Waals surface area (Å²) in [6.07, 6.45) is 0. The molecule has 0 bridgehead atoms. The lowest BCUT2D eigenvalue weighted by molar-refractivity contribution is 0.275. The second-order valence-electron chi connectivity index (χ2n) is 9.13. The quantitative estimate of drug-likeness (QED) is 0.549. The monoisotopic (exact) mass is 392 g/mol. The Hall–Kier alpha value is -1.45. The van der Waals surface area contributed by atoms with Gasteiger partial charge in [0.25, 0.3) is 0 Å². The highest BCUT2D eigenvalue weighted by molar-refractivity contribution is 7.45. The highest BCUT2D eigenvalue weighted by Crippen LogP contribution is 2.32. The van der Waals surface area contributed by atoms with Gasteiger partial charge in [0, 0.05) is 0 Å². The first-order valence-corrected chi connectivity index (χ1v) is 10.6. The van der Waals surface area contributed by atoms with Gasteiger partial charge in [0.2, 0.25) is 0 Å². The fraction of sp³-hybridized carbons (Fsp3) is 0.455. The third-order valence-electron chi connectivity index (χ3n) is 4.31. The van der Waals surface area contributed by atoms with Crippen LogP contribution in [0.25, 0.3) is 11.1 Å². The lowest BCUT2D eigenvalue weighted by atomic mass is 9.82. The number of hydrogen-bond donors (Lipinski definition) is 3. The van der Waals surface area contributed by atoms with E-state index in [1.54, 1.807) is 0 Å². The molecule has 3 N–H and O–H groups in total. The Morgan fingerprint density at radius 2 is 1.26 bits per heavy atom. The molecule has 4 nitrogen and oxygen atoms in total. The Morgan fingerprint density at radius 1 is 0.741 bits per heavy atom. The van der Waals surface area contributed by atoms with Crippen LogP contribution in [0, 0.1) is 13.8 Å². The molecule has 0 saturated heterocycles. The van der Waals surface area contributed by atoms with Gasteiger partial charge in [-0.05, 0) is 52.5 Å². The lowest BCUT2D eigenvalue weighted by Gasteiger charge is -2.23. The molecule has 27 heavy (non-hydrogen) atoms. The highest BCUT2D eigenvalue weighted by Gasteiger charge is 2.18. The molecular weight excluding hydrogens is 359 g/mol. The molecule has 2 aromatic carbocycles. The van der Waals surface area contributed by atoms with Crippen LogP contribution in [-0.4, -0.2) is 14.7 Å². The van der Waals surface area contributed by atoms with Gasteiger partial charge >= 0.3 is 7.82 Å². The van der Waals surface area contributed by atoms with Gasteiger partial charge in [0.05, 0.1) is 0 Å². The molecule has 0 aliphatic rings. The Labute approximate surface area is 163 Å². The largest absolute Gasteiger partial charge is 0.466 e. The van der Waals surface area contributed by atoms with Crippen molar-refractivity contribution in [1.82, 2.24) is 0 Å².